The van der Waals surface area contributed by atoms with Gasteiger partial charge < -0.3 is 15.5 Å². The Balaban J connectivity index is 3.30. The summed E-state index contributed by atoms with van der Waals surface area (Å²) in [6.07, 6.45) is -5.03. The Hall–Kier alpha value is -2.17. The van der Waals surface area contributed by atoms with Gasteiger partial charge >= 0.3 is 6.36 Å². The Labute approximate surface area is 80.9 Å². The lowest BCUT2D eigenvalue weighted by atomic mass is 10.2. The maximum Gasteiger partial charge on any atom is 0.573 e. The molecule has 0 spiro atoms. The van der Waals surface area contributed by atoms with Crippen LogP contribution < -0.4 is 16.0 Å². The van der Waals surface area contributed by atoms with Gasteiger partial charge in [-0.25, -0.2) is 0 Å². The average molecular weight is 219 g/mol. The van der Waals surface area contributed by atoms with Crippen molar-refractivity contribution in [2.24, 2.45) is 0 Å². The fourth-order valence-electron chi connectivity index (χ4n) is 0.867. The molecule has 0 bridgehead atoms. The number of nitrogens with two attached hydrogens (primary N) is 1. The van der Waals surface area contributed by atoms with Crippen LogP contribution in [0.25, 0.3) is 0 Å². The molecule has 0 amide bonds. The lowest BCUT2D eigenvalue weighted by molar-refractivity contribution is -0.275. The lowest BCUT2D eigenvalue weighted by Crippen LogP contribution is -2.24. The molecule has 0 aliphatic carbocycles. The van der Waals surface area contributed by atoms with Gasteiger partial charge in [-0.05, 0) is 0 Å². The molecule has 1 aromatic rings. The number of hydrogen-bond acceptors (Lipinski definition) is 4. The summed E-state index contributed by atoms with van der Waals surface area (Å²) >= 11 is 0. The van der Waals surface area contributed by atoms with Crippen molar-refractivity contribution in [2.75, 3.05) is 5.73 Å². The van der Waals surface area contributed by atoms with E-state index in [0.717, 1.165) is 6.07 Å². The number of H-pyrrole nitrogens is 1. The maximum absolute atomic E-state index is 11.8. The first-order valence-electron chi connectivity index (χ1n) is 3.52. The zero-order valence-electron chi connectivity index (χ0n) is 7.05. The summed E-state index contributed by atoms with van der Waals surface area (Å²) in [4.78, 5) is 12.9. The Morgan fingerprint density at radius 2 is 2.13 bits per heavy atom. The number of aromatic nitrogens is 1. The molecule has 80 valence electrons. The first kappa shape index (κ1) is 10.9. The van der Waals surface area contributed by atoms with Crippen molar-refractivity contribution in [1.82, 2.24) is 4.98 Å². The van der Waals surface area contributed by atoms with E-state index in [0.29, 0.717) is 0 Å². The number of rotatable bonds is 1. The maximum atomic E-state index is 11.8. The fourth-order valence-corrected chi connectivity index (χ4v) is 0.867. The van der Waals surface area contributed by atoms with Gasteiger partial charge in [0.1, 0.15) is 17.5 Å². The van der Waals surface area contributed by atoms with E-state index in [1.165, 1.54) is 6.07 Å². The molecule has 0 aromatic carbocycles. The summed E-state index contributed by atoms with van der Waals surface area (Å²) < 4.78 is 38.9. The van der Waals surface area contributed by atoms with Crippen LogP contribution in [0.3, 0.4) is 0 Å². The van der Waals surface area contributed by atoms with Gasteiger partial charge in [-0.15, -0.1) is 13.2 Å². The number of halogens is 3. The number of nitriles is 1. The van der Waals surface area contributed by atoms with E-state index in [1.54, 1.807) is 0 Å². The second-order valence-electron chi connectivity index (χ2n) is 2.46. The van der Waals surface area contributed by atoms with Crippen LogP contribution in [0.15, 0.2) is 10.9 Å². The molecule has 3 N–H and O–H groups in total. The van der Waals surface area contributed by atoms with Crippen LogP contribution in [0, 0.1) is 11.3 Å². The van der Waals surface area contributed by atoms with E-state index in [1.807, 2.05) is 4.98 Å². The van der Waals surface area contributed by atoms with E-state index in [2.05, 4.69) is 4.74 Å². The van der Waals surface area contributed by atoms with E-state index in [9.17, 15) is 18.0 Å². The van der Waals surface area contributed by atoms with Gasteiger partial charge in [-0.1, -0.05) is 0 Å². The van der Waals surface area contributed by atoms with Gasteiger partial charge in [0.2, 0.25) is 5.75 Å². The van der Waals surface area contributed by atoms with E-state index in [-0.39, 0.29) is 5.82 Å². The molecule has 0 unspecified atom stereocenters. The summed E-state index contributed by atoms with van der Waals surface area (Å²) in [5.41, 5.74) is 3.34. The molecule has 0 atom stereocenters. The van der Waals surface area contributed by atoms with Gasteiger partial charge in [-0.3, -0.25) is 4.79 Å². The predicted octanol–water partition coefficient (Wildman–Crippen LogP) is 0.727. The summed E-state index contributed by atoms with van der Waals surface area (Å²) in [6, 6.07) is 2.25. The second-order valence-corrected chi connectivity index (χ2v) is 2.46. The molecule has 0 aliphatic heterocycles. The highest BCUT2D eigenvalue weighted by molar-refractivity contribution is 5.47. The second kappa shape index (κ2) is 3.53. The number of ether oxygens (including phenoxy) is 1. The van der Waals surface area contributed by atoms with Crippen molar-refractivity contribution in [2.45, 2.75) is 6.36 Å². The van der Waals surface area contributed by atoms with E-state index < -0.39 is 23.2 Å². The Morgan fingerprint density at radius 3 is 2.60 bits per heavy atom. The number of aromatic amines is 1. The summed E-state index contributed by atoms with van der Waals surface area (Å²) in [5.74, 6) is -1.33. The minimum Gasteiger partial charge on any atom is -0.398 e. The zero-order chi connectivity index (χ0) is 11.6. The molecule has 0 aliphatic rings. The highest BCUT2D eigenvalue weighted by Gasteiger charge is 2.33. The van der Waals surface area contributed by atoms with Crippen LogP contribution in [0.5, 0.6) is 5.75 Å². The van der Waals surface area contributed by atoms with Crippen molar-refractivity contribution < 1.29 is 17.9 Å². The Bertz CT molecular complexity index is 472. The quantitative estimate of drug-likeness (QED) is 0.728. The minimum atomic E-state index is -5.03. The van der Waals surface area contributed by atoms with Gasteiger partial charge in [-0.2, -0.15) is 5.26 Å². The van der Waals surface area contributed by atoms with Crippen molar-refractivity contribution in [3.05, 3.63) is 22.0 Å². The Kier molecular flexibility index (Phi) is 2.57. The number of nitrogens with one attached hydrogen (secondary N) is 1. The van der Waals surface area contributed by atoms with Crippen LogP contribution in [0.2, 0.25) is 0 Å². The molecule has 1 rings (SSSR count). The SMILES string of the molecule is N#Cc1cc(N)[nH]c(=O)c1OC(F)(F)F. The molecular weight excluding hydrogens is 215 g/mol. The van der Waals surface area contributed by atoms with Crippen LogP contribution in [-0.4, -0.2) is 11.3 Å². The monoisotopic (exact) mass is 219 g/mol. The summed E-state index contributed by atoms with van der Waals surface area (Å²) in [6.45, 7) is 0. The first-order chi connectivity index (χ1) is 6.83. The molecule has 0 radical (unpaired) electrons. The highest BCUT2D eigenvalue weighted by atomic mass is 19.4. The van der Waals surface area contributed by atoms with Crippen LogP contribution >= 0.6 is 0 Å². The molecular formula is C7H4F3N3O2. The minimum absolute atomic E-state index is 0.217. The van der Waals surface area contributed by atoms with Crippen molar-refractivity contribution >= 4 is 5.82 Å². The summed E-state index contributed by atoms with van der Waals surface area (Å²) in [7, 11) is 0. The predicted molar refractivity (Wildman–Crippen MR) is 42.9 cm³/mol. The number of nitrogen functional groups attached to an aromatic ring is 1. The van der Waals surface area contributed by atoms with Crippen LogP contribution in [-0.2, 0) is 0 Å². The smallest absolute Gasteiger partial charge is 0.398 e. The number of alkyl halides is 3. The molecule has 0 saturated heterocycles. The fraction of sp³-hybridized carbons (Fsp3) is 0.143. The van der Waals surface area contributed by atoms with Gasteiger partial charge in [0.05, 0.1) is 0 Å². The third-order valence-electron chi connectivity index (χ3n) is 1.35. The number of hydrogen-bond donors (Lipinski definition) is 2. The van der Waals surface area contributed by atoms with Crippen LogP contribution in [0.1, 0.15) is 5.56 Å². The standard InChI is InChI=1S/C7H4F3N3O2/c8-7(9,10)15-5-3(2-11)1-4(12)13-6(5)14/h1H,(H3,12,13,14). The van der Waals surface area contributed by atoms with E-state index in [4.69, 9.17) is 11.0 Å². The van der Waals surface area contributed by atoms with Gasteiger partial charge in [0.25, 0.3) is 5.56 Å². The molecule has 0 saturated carbocycles. The third-order valence-corrected chi connectivity index (χ3v) is 1.35. The zero-order valence-corrected chi connectivity index (χ0v) is 7.05. The van der Waals surface area contributed by atoms with Gasteiger partial charge in [0.15, 0.2) is 0 Å². The Morgan fingerprint density at radius 1 is 1.53 bits per heavy atom. The largest absolute Gasteiger partial charge is 0.573 e. The molecule has 0 fully saturated rings. The molecule has 1 heterocycles. The normalized spacial score (nSPS) is 10.8. The highest BCUT2D eigenvalue weighted by Crippen LogP contribution is 2.22. The van der Waals surface area contributed by atoms with Crippen LogP contribution in [0.4, 0.5) is 19.0 Å². The third kappa shape index (κ3) is 2.63. The molecule has 8 heteroatoms. The van der Waals surface area contributed by atoms with Crippen molar-refractivity contribution in [3.8, 4) is 11.8 Å². The lowest BCUT2D eigenvalue weighted by Gasteiger charge is -2.09. The number of nitrogens with zero attached hydrogens (tertiary/aromatic N) is 1. The summed E-state index contributed by atoms with van der Waals surface area (Å²) in [5, 5.41) is 8.46. The number of pyridine rings is 1. The molecule has 5 nitrogen and oxygen atoms in total. The van der Waals surface area contributed by atoms with E-state index >= 15 is 0 Å². The van der Waals surface area contributed by atoms with Crippen molar-refractivity contribution in [1.29, 1.82) is 5.26 Å². The topological polar surface area (TPSA) is 91.9 Å². The number of anilines is 1. The van der Waals surface area contributed by atoms with Gasteiger partial charge in [0, 0.05) is 6.07 Å². The van der Waals surface area contributed by atoms with Crippen molar-refractivity contribution in [3.63, 3.8) is 0 Å². The average Bonchev–Trinajstić information content (AvgIpc) is 2.07. The molecule has 1 aromatic heterocycles. The molecule has 15 heavy (non-hydrogen) atoms. The first-order valence-corrected chi connectivity index (χ1v) is 3.52.